The predicted octanol–water partition coefficient (Wildman–Crippen LogP) is 3.18. The van der Waals surface area contributed by atoms with Gasteiger partial charge in [-0.05, 0) is 51.8 Å². The summed E-state index contributed by atoms with van der Waals surface area (Å²) in [5, 5.41) is 6.97. The normalized spacial score (nSPS) is 23.9. The van der Waals surface area contributed by atoms with Gasteiger partial charge >= 0.3 is 0 Å². The van der Waals surface area contributed by atoms with Crippen LogP contribution in [0.5, 0.6) is 5.75 Å². The summed E-state index contributed by atoms with van der Waals surface area (Å²) in [6.45, 7) is 6.84. The van der Waals surface area contributed by atoms with E-state index in [-0.39, 0.29) is 35.6 Å². The van der Waals surface area contributed by atoms with Crippen molar-refractivity contribution in [1.29, 1.82) is 0 Å². The van der Waals surface area contributed by atoms with E-state index in [2.05, 4.69) is 39.6 Å². The Morgan fingerprint density at radius 1 is 1.25 bits per heavy atom. The molecule has 2 atom stereocenters. The molecular weight excluding hydrogens is 467 g/mol. The SMILES string of the molecule is CN=C(NCC(c1ccccc1OC)N1CCCC1)NCC1(C)CCCO1.I. The zero-order valence-corrected chi connectivity index (χ0v) is 19.7. The van der Waals surface area contributed by atoms with Gasteiger partial charge in [0.05, 0.1) is 18.8 Å². The Hall–Kier alpha value is -1.06. The van der Waals surface area contributed by atoms with E-state index in [0.29, 0.717) is 0 Å². The molecule has 0 bridgehead atoms. The number of rotatable bonds is 7. The molecule has 0 aromatic heterocycles. The van der Waals surface area contributed by atoms with Gasteiger partial charge in [0.1, 0.15) is 5.75 Å². The number of guanidine groups is 1. The molecule has 28 heavy (non-hydrogen) atoms. The largest absolute Gasteiger partial charge is 0.496 e. The highest BCUT2D eigenvalue weighted by molar-refractivity contribution is 14.0. The van der Waals surface area contributed by atoms with E-state index in [1.165, 1.54) is 18.4 Å². The van der Waals surface area contributed by atoms with Crippen LogP contribution in [0.3, 0.4) is 0 Å². The summed E-state index contributed by atoms with van der Waals surface area (Å²) in [6, 6.07) is 8.60. The van der Waals surface area contributed by atoms with E-state index in [1.54, 1.807) is 7.11 Å². The smallest absolute Gasteiger partial charge is 0.191 e. The summed E-state index contributed by atoms with van der Waals surface area (Å²) >= 11 is 0. The van der Waals surface area contributed by atoms with Crippen molar-refractivity contribution in [3.8, 4) is 5.75 Å². The Bertz CT molecular complexity index is 629. The molecule has 6 nitrogen and oxygen atoms in total. The number of hydrogen-bond donors (Lipinski definition) is 2. The molecule has 2 fully saturated rings. The van der Waals surface area contributed by atoms with Crippen LogP contribution in [-0.2, 0) is 4.74 Å². The number of aliphatic imine (C=N–C) groups is 1. The van der Waals surface area contributed by atoms with Crippen LogP contribution >= 0.6 is 24.0 Å². The molecule has 0 amide bonds. The molecule has 1 aromatic rings. The Labute approximate surface area is 186 Å². The zero-order valence-electron chi connectivity index (χ0n) is 17.4. The maximum atomic E-state index is 5.87. The lowest BCUT2D eigenvalue weighted by Crippen LogP contribution is -2.47. The number of halogens is 1. The van der Waals surface area contributed by atoms with Gasteiger partial charge in [-0.3, -0.25) is 9.89 Å². The quantitative estimate of drug-likeness (QED) is 0.341. The van der Waals surface area contributed by atoms with Crippen molar-refractivity contribution in [3.05, 3.63) is 29.8 Å². The second-order valence-electron chi connectivity index (χ2n) is 7.71. The van der Waals surface area contributed by atoms with Crippen molar-refractivity contribution >= 4 is 29.9 Å². The highest BCUT2D eigenvalue weighted by atomic mass is 127. The molecule has 1 aromatic carbocycles. The van der Waals surface area contributed by atoms with Crippen molar-refractivity contribution in [2.24, 2.45) is 4.99 Å². The summed E-state index contributed by atoms with van der Waals surface area (Å²) in [5.41, 5.74) is 1.14. The van der Waals surface area contributed by atoms with Crippen LogP contribution in [0.1, 0.15) is 44.2 Å². The van der Waals surface area contributed by atoms with E-state index < -0.39 is 0 Å². The maximum absolute atomic E-state index is 5.87. The van der Waals surface area contributed by atoms with Crippen molar-refractivity contribution < 1.29 is 9.47 Å². The standard InChI is InChI=1S/C21H34N4O2.HI/c1-21(11-8-14-27-21)16-24-20(22-2)23-15-18(25-12-6-7-13-25)17-9-4-5-10-19(17)26-3;/h4-5,9-10,18H,6-8,11-16H2,1-3H3,(H2,22,23,24);1H. The van der Waals surface area contributed by atoms with Crippen LogP contribution in [0.2, 0.25) is 0 Å². The minimum Gasteiger partial charge on any atom is -0.496 e. The molecular formula is C21H35IN4O2. The first-order chi connectivity index (χ1) is 13.1. The van der Waals surface area contributed by atoms with Crippen LogP contribution in [0.4, 0.5) is 0 Å². The first-order valence-electron chi connectivity index (χ1n) is 10.1. The lowest BCUT2D eigenvalue weighted by molar-refractivity contribution is 0.0242. The first-order valence-corrected chi connectivity index (χ1v) is 10.1. The molecule has 2 N–H and O–H groups in total. The predicted molar refractivity (Wildman–Crippen MR) is 125 cm³/mol. The van der Waals surface area contributed by atoms with Gasteiger partial charge in [-0.2, -0.15) is 0 Å². The van der Waals surface area contributed by atoms with E-state index in [0.717, 1.165) is 57.3 Å². The number of hydrogen-bond acceptors (Lipinski definition) is 4. The molecule has 0 aliphatic carbocycles. The molecule has 0 spiro atoms. The van der Waals surface area contributed by atoms with Crippen molar-refractivity contribution in [1.82, 2.24) is 15.5 Å². The number of methoxy groups -OCH3 is 1. The minimum atomic E-state index is -0.0887. The van der Waals surface area contributed by atoms with Crippen molar-refractivity contribution in [2.75, 3.05) is 46.9 Å². The lowest BCUT2D eigenvalue weighted by Gasteiger charge is -2.30. The van der Waals surface area contributed by atoms with Crippen LogP contribution < -0.4 is 15.4 Å². The average Bonchev–Trinajstić information content (AvgIpc) is 3.37. The average molecular weight is 502 g/mol. The number of benzene rings is 1. The van der Waals surface area contributed by atoms with E-state index in [9.17, 15) is 0 Å². The second kappa shape index (κ2) is 11.2. The molecule has 0 radical (unpaired) electrons. The zero-order chi connectivity index (χ0) is 19.1. The number of likely N-dealkylation sites (tertiary alicyclic amines) is 1. The van der Waals surface area contributed by atoms with E-state index in [4.69, 9.17) is 9.47 Å². The van der Waals surface area contributed by atoms with Gasteiger partial charge in [0, 0.05) is 32.3 Å². The second-order valence-corrected chi connectivity index (χ2v) is 7.71. The number of para-hydroxylation sites is 1. The first kappa shape index (κ1) is 23.2. The highest BCUT2D eigenvalue weighted by Gasteiger charge is 2.30. The van der Waals surface area contributed by atoms with Crippen LogP contribution in [-0.4, -0.2) is 63.4 Å². The fraction of sp³-hybridized carbons (Fsp3) is 0.667. The van der Waals surface area contributed by atoms with Crippen LogP contribution in [0, 0.1) is 0 Å². The fourth-order valence-corrected chi connectivity index (χ4v) is 4.09. The Morgan fingerprint density at radius 2 is 2.00 bits per heavy atom. The molecule has 158 valence electrons. The highest BCUT2D eigenvalue weighted by Crippen LogP contribution is 2.31. The molecule has 7 heteroatoms. The number of nitrogens with zero attached hydrogens (tertiary/aromatic N) is 2. The van der Waals surface area contributed by atoms with Crippen LogP contribution in [0.15, 0.2) is 29.3 Å². The molecule has 2 unspecified atom stereocenters. The van der Waals surface area contributed by atoms with Gasteiger partial charge in [-0.25, -0.2) is 0 Å². The minimum absolute atomic E-state index is 0. The molecule has 2 heterocycles. The molecule has 2 aliphatic rings. The van der Waals surface area contributed by atoms with Gasteiger partial charge in [0.25, 0.3) is 0 Å². The molecule has 2 aliphatic heterocycles. The third kappa shape index (κ3) is 5.97. The Kier molecular flexibility index (Phi) is 9.30. The van der Waals surface area contributed by atoms with Gasteiger partial charge in [-0.1, -0.05) is 18.2 Å². The van der Waals surface area contributed by atoms with Gasteiger partial charge in [-0.15, -0.1) is 24.0 Å². The van der Waals surface area contributed by atoms with E-state index in [1.807, 2.05) is 19.2 Å². The fourth-order valence-electron chi connectivity index (χ4n) is 4.09. The Balaban J connectivity index is 0.00000280. The molecule has 0 saturated carbocycles. The van der Waals surface area contributed by atoms with Gasteiger partial charge in [0.2, 0.25) is 0 Å². The van der Waals surface area contributed by atoms with Crippen LogP contribution in [0.25, 0.3) is 0 Å². The molecule has 2 saturated heterocycles. The number of nitrogens with one attached hydrogen (secondary N) is 2. The summed E-state index contributed by atoms with van der Waals surface area (Å²) in [7, 11) is 3.57. The number of ether oxygens (including phenoxy) is 2. The maximum Gasteiger partial charge on any atom is 0.191 e. The summed E-state index contributed by atoms with van der Waals surface area (Å²) in [6.07, 6.45) is 4.74. The van der Waals surface area contributed by atoms with Gasteiger partial charge < -0.3 is 20.1 Å². The van der Waals surface area contributed by atoms with Crippen molar-refractivity contribution in [2.45, 2.75) is 44.2 Å². The molecule has 3 rings (SSSR count). The summed E-state index contributed by atoms with van der Waals surface area (Å²) in [4.78, 5) is 6.95. The van der Waals surface area contributed by atoms with Gasteiger partial charge in [0.15, 0.2) is 5.96 Å². The topological polar surface area (TPSA) is 58.1 Å². The van der Waals surface area contributed by atoms with Crippen molar-refractivity contribution in [3.63, 3.8) is 0 Å². The summed E-state index contributed by atoms with van der Waals surface area (Å²) in [5.74, 6) is 1.77. The monoisotopic (exact) mass is 502 g/mol. The van der Waals surface area contributed by atoms with E-state index >= 15 is 0 Å². The third-order valence-electron chi connectivity index (χ3n) is 5.70. The lowest BCUT2D eigenvalue weighted by atomic mass is 10.0. The Morgan fingerprint density at radius 3 is 2.64 bits per heavy atom. The third-order valence-corrected chi connectivity index (χ3v) is 5.70. The summed E-state index contributed by atoms with van der Waals surface area (Å²) < 4.78 is 11.5.